The van der Waals surface area contributed by atoms with Gasteiger partial charge in [-0.2, -0.15) is 0 Å². The molecule has 128 valence electrons. The quantitative estimate of drug-likeness (QED) is 0.816. The van der Waals surface area contributed by atoms with E-state index in [1.54, 1.807) is 7.11 Å². The number of nitrogens with zero attached hydrogens (tertiary/aromatic N) is 2. The second-order valence-corrected chi connectivity index (χ2v) is 6.81. The number of benzene rings is 1. The van der Waals surface area contributed by atoms with Crippen molar-refractivity contribution in [2.75, 3.05) is 46.4 Å². The highest BCUT2D eigenvalue weighted by atomic mass is 16.5. The summed E-state index contributed by atoms with van der Waals surface area (Å²) >= 11 is 0. The van der Waals surface area contributed by atoms with Crippen LogP contribution >= 0.6 is 0 Å². The molecule has 2 heterocycles. The molecule has 4 heteroatoms. The molecular formula is C19H31N3O. The number of rotatable bonds is 6. The van der Waals surface area contributed by atoms with Crippen LogP contribution in [0.3, 0.4) is 0 Å². The van der Waals surface area contributed by atoms with Crippen LogP contribution in [0.15, 0.2) is 30.3 Å². The summed E-state index contributed by atoms with van der Waals surface area (Å²) in [4.78, 5) is 0. The smallest absolute Gasteiger partial charge is 0.0587 e. The number of hydrazine groups is 1. The maximum absolute atomic E-state index is 5.11. The lowest BCUT2D eigenvalue weighted by Gasteiger charge is -2.43. The van der Waals surface area contributed by atoms with E-state index < -0.39 is 0 Å². The van der Waals surface area contributed by atoms with Crippen LogP contribution in [0.4, 0.5) is 0 Å². The van der Waals surface area contributed by atoms with Gasteiger partial charge in [-0.1, -0.05) is 30.3 Å². The largest absolute Gasteiger partial charge is 0.383 e. The van der Waals surface area contributed by atoms with Gasteiger partial charge in [-0.25, -0.2) is 10.0 Å². The van der Waals surface area contributed by atoms with Crippen molar-refractivity contribution in [2.45, 2.75) is 37.6 Å². The molecule has 23 heavy (non-hydrogen) atoms. The molecule has 2 aliphatic heterocycles. The van der Waals surface area contributed by atoms with E-state index in [0.717, 1.165) is 19.1 Å². The SMILES string of the molecule is COCCNC1CCN(N2CCC(c3ccccc3)CC2)CC1. The van der Waals surface area contributed by atoms with Gasteiger partial charge in [0.25, 0.3) is 0 Å². The summed E-state index contributed by atoms with van der Waals surface area (Å²) in [5, 5.41) is 8.80. The first-order valence-corrected chi connectivity index (χ1v) is 9.14. The second-order valence-electron chi connectivity index (χ2n) is 6.81. The Morgan fingerprint density at radius 3 is 2.17 bits per heavy atom. The van der Waals surface area contributed by atoms with Gasteiger partial charge in [-0.3, -0.25) is 0 Å². The van der Waals surface area contributed by atoms with Crippen LogP contribution in [-0.4, -0.2) is 62.5 Å². The van der Waals surface area contributed by atoms with Crippen molar-refractivity contribution < 1.29 is 4.74 Å². The fourth-order valence-corrected chi connectivity index (χ4v) is 3.93. The van der Waals surface area contributed by atoms with Crippen LogP contribution in [-0.2, 0) is 4.74 Å². The third kappa shape index (κ3) is 4.77. The summed E-state index contributed by atoms with van der Waals surface area (Å²) < 4.78 is 5.11. The summed E-state index contributed by atoms with van der Waals surface area (Å²) in [6, 6.07) is 11.7. The Hall–Kier alpha value is -0.940. The van der Waals surface area contributed by atoms with Crippen molar-refractivity contribution in [1.82, 2.24) is 15.3 Å². The fourth-order valence-electron chi connectivity index (χ4n) is 3.93. The zero-order valence-electron chi connectivity index (χ0n) is 14.4. The number of hydrogen-bond donors (Lipinski definition) is 1. The molecular weight excluding hydrogens is 286 g/mol. The molecule has 0 spiro atoms. The van der Waals surface area contributed by atoms with Crippen LogP contribution in [0.1, 0.15) is 37.2 Å². The van der Waals surface area contributed by atoms with E-state index >= 15 is 0 Å². The van der Waals surface area contributed by atoms with Gasteiger partial charge >= 0.3 is 0 Å². The first-order valence-electron chi connectivity index (χ1n) is 9.14. The zero-order chi connectivity index (χ0) is 15.9. The third-order valence-electron chi connectivity index (χ3n) is 5.35. The Kier molecular flexibility index (Phi) is 6.46. The maximum Gasteiger partial charge on any atom is 0.0587 e. The topological polar surface area (TPSA) is 27.7 Å². The van der Waals surface area contributed by atoms with Gasteiger partial charge in [0, 0.05) is 45.9 Å². The van der Waals surface area contributed by atoms with Gasteiger partial charge in [0.2, 0.25) is 0 Å². The van der Waals surface area contributed by atoms with Crippen molar-refractivity contribution in [3.8, 4) is 0 Å². The van der Waals surface area contributed by atoms with E-state index in [1.807, 2.05) is 0 Å². The molecule has 0 unspecified atom stereocenters. The van der Waals surface area contributed by atoms with Crippen LogP contribution in [0, 0.1) is 0 Å². The average Bonchev–Trinajstić information content (AvgIpc) is 2.63. The standard InChI is InChI=1S/C19H31N3O/c1-23-16-11-20-19-9-14-22(15-10-19)21-12-7-18(8-13-21)17-5-3-2-4-6-17/h2-6,18-20H,7-16H2,1H3. The summed E-state index contributed by atoms with van der Waals surface area (Å²) in [6.45, 7) is 6.60. The van der Waals surface area contributed by atoms with Crippen LogP contribution < -0.4 is 5.32 Å². The van der Waals surface area contributed by atoms with Crippen molar-refractivity contribution in [3.05, 3.63) is 35.9 Å². The molecule has 0 radical (unpaired) electrons. The lowest BCUT2D eigenvalue weighted by Crippen LogP contribution is -2.52. The zero-order valence-corrected chi connectivity index (χ0v) is 14.4. The highest BCUT2D eigenvalue weighted by Crippen LogP contribution is 2.29. The molecule has 0 aliphatic carbocycles. The Morgan fingerprint density at radius 2 is 1.57 bits per heavy atom. The monoisotopic (exact) mass is 317 g/mol. The van der Waals surface area contributed by atoms with E-state index in [-0.39, 0.29) is 0 Å². The van der Waals surface area contributed by atoms with Crippen molar-refractivity contribution in [3.63, 3.8) is 0 Å². The molecule has 4 nitrogen and oxygen atoms in total. The lowest BCUT2D eigenvalue weighted by atomic mass is 9.90. The predicted octanol–water partition coefficient (Wildman–Crippen LogP) is 2.48. The Bertz CT molecular complexity index is 437. The molecule has 2 saturated heterocycles. The molecule has 0 bridgehead atoms. The van der Waals surface area contributed by atoms with Gasteiger partial charge in [-0.15, -0.1) is 0 Å². The molecule has 0 amide bonds. The minimum atomic E-state index is 0.670. The molecule has 3 rings (SSSR count). The van der Waals surface area contributed by atoms with Gasteiger partial charge in [-0.05, 0) is 37.2 Å². The minimum Gasteiger partial charge on any atom is -0.383 e. The summed E-state index contributed by atoms with van der Waals surface area (Å²) in [5.74, 6) is 0.751. The van der Waals surface area contributed by atoms with E-state index in [0.29, 0.717) is 6.04 Å². The first kappa shape index (κ1) is 16.9. The normalized spacial score (nSPS) is 22.5. The number of nitrogens with one attached hydrogen (secondary N) is 1. The van der Waals surface area contributed by atoms with E-state index in [1.165, 1.54) is 57.4 Å². The summed E-state index contributed by atoms with van der Waals surface area (Å²) in [7, 11) is 1.77. The van der Waals surface area contributed by atoms with Gasteiger partial charge in [0.05, 0.1) is 6.61 Å². The molecule has 0 saturated carbocycles. The average molecular weight is 317 g/mol. The third-order valence-corrected chi connectivity index (χ3v) is 5.35. The van der Waals surface area contributed by atoms with Gasteiger partial charge < -0.3 is 10.1 Å². The number of piperidine rings is 2. The maximum atomic E-state index is 5.11. The highest BCUT2D eigenvalue weighted by Gasteiger charge is 2.27. The summed E-state index contributed by atoms with van der Waals surface area (Å²) in [6.07, 6.45) is 5.08. The van der Waals surface area contributed by atoms with Crippen molar-refractivity contribution in [1.29, 1.82) is 0 Å². The van der Waals surface area contributed by atoms with Gasteiger partial charge in [0.15, 0.2) is 0 Å². The molecule has 2 aliphatic rings. The molecule has 1 aromatic carbocycles. The van der Waals surface area contributed by atoms with Crippen LogP contribution in [0.5, 0.6) is 0 Å². The number of methoxy groups -OCH3 is 1. The summed E-state index contributed by atoms with van der Waals surface area (Å²) in [5.41, 5.74) is 1.52. The highest BCUT2D eigenvalue weighted by molar-refractivity contribution is 5.19. The van der Waals surface area contributed by atoms with Crippen LogP contribution in [0.2, 0.25) is 0 Å². The molecule has 2 fully saturated rings. The fraction of sp³-hybridized carbons (Fsp3) is 0.684. The Balaban J connectivity index is 1.39. The number of hydrogen-bond acceptors (Lipinski definition) is 4. The predicted molar refractivity (Wildman–Crippen MR) is 94.5 cm³/mol. The Labute approximate surface area is 140 Å². The molecule has 1 N–H and O–H groups in total. The minimum absolute atomic E-state index is 0.670. The van der Waals surface area contributed by atoms with E-state index in [9.17, 15) is 0 Å². The van der Waals surface area contributed by atoms with Crippen LogP contribution in [0.25, 0.3) is 0 Å². The van der Waals surface area contributed by atoms with Crippen molar-refractivity contribution in [2.24, 2.45) is 0 Å². The van der Waals surface area contributed by atoms with Crippen molar-refractivity contribution >= 4 is 0 Å². The molecule has 0 aromatic heterocycles. The number of ether oxygens (including phenoxy) is 1. The molecule has 0 atom stereocenters. The second kappa shape index (κ2) is 8.78. The first-order chi connectivity index (χ1) is 11.4. The molecule has 1 aromatic rings. The Morgan fingerprint density at radius 1 is 0.957 bits per heavy atom. The van der Waals surface area contributed by atoms with Gasteiger partial charge in [0.1, 0.15) is 0 Å². The van der Waals surface area contributed by atoms with E-state index in [2.05, 4.69) is 45.7 Å². The van der Waals surface area contributed by atoms with E-state index in [4.69, 9.17) is 4.74 Å². The lowest BCUT2D eigenvalue weighted by molar-refractivity contribution is -0.0602.